The van der Waals surface area contributed by atoms with E-state index in [2.05, 4.69) is 59.2 Å². The highest BCUT2D eigenvalue weighted by atomic mass is 16.6. The number of alkyl carbamates (subject to hydrolysis) is 2. The molecule has 2 fully saturated rings. The minimum absolute atomic E-state index is 0.00218. The second-order valence-electron chi connectivity index (χ2n) is 13.7. The summed E-state index contributed by atoms with van der Waals surface area (Å²) in [4.78, 5) is 46.6. The van der Waals surface area contributed by atoms with Gasteiger partial charge in [-0.25, -0.2) is 9.59 Å². The number of rotatable bonds is 10. The Labute approximate surface area is 312 Å². The lowest BCUT2D eigenvalue weighted by molar-refractivity contribution is -0.144. The molecule has 0 aromatic heterocycles. The van der Waals surface area contributed by atoms with Crippen LogP contribution in [0.5, 0.6) is 0 Å². The number of carboxylic acid groups (broad SMARTS) is 2. The van der Waals surface area contributed by atoms with Crippen LogP contribution in [0.15, 0.2) is 97.1 Å². The summed E-state index contributed by atoms with van der Waals surface area (Å²) in [6.07, 6.45) is -1.21. The summed E-state index contributed by atoms with van der Waals surface area (Å²) >= 11 is 0. The van der Waals surface area contributed by atoms with E-state index in [1.54, 1.807) is 0 Å². The molecule has 2 aliphatic carbocycles. The number of carbonyl (C=O) groups excluding carboxylic acids is 2. The molecular formula is C42H42N2O10. The number of carbonyl (C=O) groups is 4. The molecular weight excluding hydrogens is 692 g/mol. The Bertz CT molecular complexity index is 1780. The minimum Gasteiger partial charge on any atom is -0.481 e. The average molecular weight is 735 g/mol. The van der Waals surface area contributed by atoms with Gasteiger partial charge in [0.15, 0.2) is 0 Å². The van der Waals surface area contributed by atoms with Gasteiger partial charge in [0.25, 0.3) is 0 Å². The largest absolute Gasteiger partial charge is 0.481 e. The maximum Gasteiger partial charge on any atom is 0.407 e. The van der Waals surface area contributed by atoms with Gasteiger partial charge in [0, 0.05) is 38.1 Å². The molecule has 12 nitrogen and oxygen atoms in total. The molecule has 4 N–H and O–H groups in total. The first-order valence-corrected chi connectivity index (χ1v) is 18.2. The summed E-state index contributed by atoms with van der Waals surface area (Å²) in [5.74, 6) is -2.97. The van der Waals surface area contributed by atoms with Crippen molar-refractivity contribution in [1.82, 2.24) is 10.6 Å². The topological polar surface area (TPSA) is 170 Å². The van der Waals surface area contributed by atoms with Crippen LogP contribution in [0.3, 0.4) is 0 Å². The zero-order valence-electron chi connectivity index (χ0n) is 29.5. The van der Waals surface area contributed by atoms with Gasteiger partial charge in [0.05, 0.1) is 24.0 Å². The first-order chi connectivity index (χ1) is 26.3. The maximum atomic E-state index is 12.1. The molecule has 2 saturated heterocycles. The van der Waals surface area contributed by atoms with Crippen molar-refractivity contribution in [2.45, 2.75) is 36.9 Å². The standard InChI is InChI=1S/2C21H21NO5/c2*23-20(24)17-9-10-26-19(17)11-22-21(25)27-12-18-15-7-3-1-5-13(15)14-6-2-4-8-16(14)18/h2*1-8,17-19H,9-12H2,(H,22,25)(H,23,24)/t2*17-,19-/m10/s1. The molecule has 0 radical (unpaired) electrons. The van der Waals surface area contributed by atoms with E-state index >= 15 is 0 Å². The molecule has 54 heavy (non-hydrogen) atoms. The van der Waals surface area contributed by atoms with Crippen molar-refractivity contribution < 1.29 is 48.3 Å². The van der Waals surface area contributed by atoms with Gasteiger partial charge in [-0.05, 0) is 57.3 Å². The van der Waals surface area contributed by atoms with Crippen molar-refractivity contribution in [1.29, 1.82) is 0 Å². The van der Waals surface area contributed by atoms with E-state index < -0.39 is 48.2 Å². The van der Waals surface area contributed by atoms with Crippen LogP contribution in [0, 0.1) is 11.8 Å². The summed E-state index contributed by atoms with van der Waals surface area (Å²) in [5, 5.41) is 23.6. The van der Waals surface area contributed by atoms with Gasteiger partial charge in [-0.15, -0.1) is 0 Å². The number of aliphatic carboxylic acids is 2. The molecule has 12 heteroatoms. The SMILES string of the molecule is O=C(NC[C@@H]1OCC[C@@H]1C(=O)O)OCC1c2ccccc2-c2ccccc21.O=C(NC[C@H]1OCC[C@H]1C(=O)O)OCC1c2ccccc2-c2ccccc21. The third-order valence-corrected chi connectivity index (χ3v) is 10.6. The predicted octanol–water partition coefficient (Wildman–Crippen LogP) is 6.03. The van der Waals surface area contributed by atoms with E-state index in [4.69, 9.17) is 29.2 Å². The second kappa shape index (κ2) is 16.5. The van der Waals surface area contributed by atoms with Gasteiger partial charge in [-0.2, -0.15) is 0 Å². The van der Waals surface area contributed by atoms with Gasteiger partial charge in [-0.1, -0.05) is 97.1 Å². The second-order valence-corrected chi connectivity index (χ2v) is 13.7. The lowest BCUT2D eigenvalue weighted by Gasteiger charge is -2.17. The highest BCUT2D eigenvalue weighted by molar-refractivity contribution is 5.80. The molecule has 4 aromatic carbocycles. The van der Waals surface area contributed by atoms with Gasteiger partial charge in [-0.3, -0.25) is 9.59 Å². The first-order valence-electron chi connectivity index (χ1n) is 18.2. The third-order valence-electron chi connectivity index (χ3n) is 10.6. The average Bonchev–Trinajstić information content (AvgIpc) is 3.99. The van der Waals surface area contributed by atoms with Crippen LogP contribution >= 0.6 is 0 Å². The fourth-order valence-electron chi connectivity index (χ4n) is 7.93. The fraction of sp³-hybridized carbons (Fsp3) is 0.333. The smallest absolute Gasteiger partial charge is 0.407 e. The number of carboxylic acids is 2. The Morgan fingerprint density at radius 1 is 0.537 bits per heavy atom. The number of ether oxygens (including phenoxy) is 4. The van der Waals surface area contributed by atoms with E-state index in [-0.39, 0.29) is 38.1 Å². The lowest BCUT2D eigenvalue weighted by Crippen LogP contribution is -2.38. The predicted molar refractivity (Wildman–Crippen MR) is 197 cm³/mol. The van der Waals surface area contributed by atoms with E-state index in [1.807, 2.05) is 48.5 Å². The Morgan fingerprint density at radius 2 is 0.852 bits per heavy atom. The monoisotopic (exact) mass is 734 g/mol. The molecule has 0 saturated carbocycles. The molecule has 2 aliphatic heterocycles. The minimum atomic E-state index is -0.896. The maximum absolute atomic E-state index is 12.1. The first kappa shape index (κ1) is 36.6. The van der Waals surface area contributed by atoms with Crippen LogP contribution in [-0.4, -0.2) is 86.1 Å². The van der Waals surface area contributed by atoms with E-state index in [0.717, 1.165) is 22.3 Å². The van der Waals surface area contributed by atoms with Crippen molar-refractivity contribution >= 4 is 24.1 Å². The zero-order chi connectivity index (χ0) is 37.6. The number of hydrogen-bond acceptors (Lipinski definition) is 8. The number of hydrogen-bond donors (Lipinski definition) is 4. The zero-order valence-corrected chi connectivity index (χ0v) is 29.5. The molecule has 280 valence electrons. The van der Waals surface area contributed by atoms with Crippen molar-refractivity contribution in [2.75, 3.05) is 39.5 Å². The molecule has 4 aromatic rings. The Kier molecular flexibility index (Phi) is 11.2. The van der Waals surface area contributed by atoms with Crippen LogP contribution in [0.4, 0.5) is 9.59 Å². The molecule has 0 spiro atoms. The normalized spacial score (nSPS) is 20.7. The summed E-state index contributed by atoms with van der Waals surface area (Å²) in [7, 11) is 0. The van der Waals surface area contributed by atoms with Gasteiger partial charge in [0.1, 0.15) is 13.2 Å². The molecule has 2 heterocycles. The van der Waals surface area contributed by atoms with Gasteiger partial charge < -0.3 is 39.8 Å². The summed E-state index contributed by atoms with van der Waals surface area (Å²) < 4.78 is 21.7. The molecule has 0 bridgehead atoms. The molecule has 2 amide bonds. The van der Waals surface area contributed by atoms with Gasteiger partial charge in [0.2, 0.25) is 0 Å². The van der Waals surface area contributed by atoms with Crippen LogP contribution in [0.2, 0.25) is 0 Å². The summed E-state index contributed by atoms with van der Waals surface area (Å²) in [6, 6.07) is 32.5. The van der Waals surface area contributed by atoms with Crippen LogP contribution < -0.4 is 10.6 Å². The Morgan fingerprint density at radius 3 is 1.17 bits per heavy atom. The Balaban J connectivity index is 0.000000167. The fourth-order valence-corrected chi connectivity index (χ4v) is 7.93. The Hall–Kier alpha value is -5.72. The van der Waals surface area contributed by atoms with Crippen LogP contribution in [-0.2, 0) is 28.5 Å². The molecule has 0 unspecified atom stereocenters. The van der Waals surface area contributed by atoms with Crippen molar-refractivity contribution in [3.63, 3.8) is 0 Å². The van der Waals surface area contributed by atoms with Crippen molar-refractivity contribution in [2.24, 2.45) is 11.8 Å². The van der Waals surface area contributed by atoms with E-state index in [0.29, 0.717) is 26.1 Å². The van der Waals surface area contributed by atoms with Crippen LogP contribution in [0.25, 0.3) is 22.3 Å². The highest BCUT2D eigenvalue weighted by Crippen LogP contribution is 2.45. The quantitative estimate of drug-likeness (QED) is 0.151. The highest BCUT2D eigenvalue weighted by Gasteiger charge is 2.36. The van der Waals surface area contributed by atoms with E-state index in [1.165, 1.54) is 22.3 Å². The third kappa shape index (κ3) is 7.80. The number of benzene rings is 4. The lowest BCUT2D eigenvalue weighted by atomic mass is 9.98. The van der Waals surface area contributed by atoms with Crippen molar-refractivity contribution in [3.05, 3.63) is 119 Å². The van der Waals surface area contributed by atoms with Crippen LogP contribution in [0.1, 0.15) is 46.9 Å². The molecule has 4 aliphatic rings. The van der Waals surface area contributed by atoms with E-state index in [9.17, 15) is 19.2 Å². The molecule has 8 rings (SSSR count). The summed E-state index contributed by atoms with van der Waals surface area (Å²) in [5.41, 5.74) is 9.29. The molecule has 4 atom stereocenters. The van der Waals surface area contributed by atoms with Crippen molar-refractivity contribution in [3.8, 4) is 22.3 Å². The number of amides is 2. The summed E-state index contributed by atoms with van der Waals surface area (Å²) in [6.45, 7) is 1.52. The van der Waals surface area contributed by atoms with Gasteiger partial charge >= 0.3 is 24.1 Å². The number of nitrogens with one attached hydrogen (secondary N) is 2. The number of fused-ring (bicyclic) bond motifs is 6.